The first-order valence-corrected chi connectivity index (χ1v) is 6.40. The average Bonchev–Trinajstić information content (AvgIpc) is 2.30. The van der Waals surface area contributed by atoms with Crippen molar-refractivity contribution in [1.29, 1.82) is 0 Å². The summed E-state index contributed by atoms with van der Waals surface area (Å²) in [5.41, 5.74) is -0.708. The van der Waals surface area contributed by atoms with Gasteiger partial charge < -0.3 is 9.47 Å². The van der Waals surface area contributed by atoms with Crippen molar-refractivity contribution in [1.82, 2.24) is 0 Å². The van der Waals surface area contributed by atoms with E-state index in [-0.39, 0.29) is 17.9 Å². The zero-order valence-electron chi connectivity index (χ0n) is 11.0. The first kappa shape index (κ1) is 14.0. The van der Waals surface area contributed by atoms with Gasteiger partial charge in [-0.15, -0.1) is 0 Å². The highest BCUT2D eigenvalue weighted by Crippen LogP contribution is 2.42. The summed E-state index contributed by atoms with van der Waals surface area (Å²) in [4.78, 5) is 23.9. The number of ether oxygens (including phenoxy) is 2. The second kappa shape index (κ2) is 6.03. The Morgan fingerprint density at radius 1 is 1.18 bits per heavy atom. The molecule has 0 spiro atoms. The Morgan fingerprint density at radius 3 is 2.41 bits per heavy atom. The third kappa shape index (κ3) is 2.99. The molecule has 0 aromatic carbocycles. The average molecular weight is 242 g/mol. The molecule has 2 atom stereocenters. The van der Waals surface area contributed by atoms with Crippen LogP contribution in [0, 0.1) is 11.3 Å². The monoisotopic (exact) mass is 242 g/mol. The van der Waals surface area contributed by atoms with Gasteiger partial charge in [-0.3, -0.25) is 9.59 Å². The molecule has 0 N–H and O–H groups in total. The van der Waals surface area contributed by atoms with E-state index in [0.29, 0.717) is 26.1 Å². The van der Waals surface area contributed by atoms with Crippen molar-refractivity contribution in [3.8, 4) is 0 Å². The Kier molecular flexibility index (Phi) is 4.97. The first-order valence-electron chi connectivity index (χ1n) is 6.40. The number of carbonyl (C=O) groups is 2. The lowest BCUT2D eigenvalue weighted by Crippen LogP contribution is -2.44. The molecule has 2 unspecified atom stereocenters. The predicted molar refractivity (Wildman–Crippen MR) is 63.3 cm³/mol. The molecule has 17 heavy (non-hydrogen) atoms. The molecular formula is C13H22O4. The Hall–Kier alpha value is -1.06. The summed E-state index contributed by atoms with van der Waals surface area (Å²) in [6.45, 7) is 6.09. The van der Waals surface area contributed by atoms with E-state index in [2.05, 4.69) is 0 Å². The van der Waals surface area contributed by atoms with Crippen molar-refractivity contribution < 1.29 is 19.1 Å². The van der Waals surface area contributed by atoms with Crippen LogP contribution in [0.15, 0.2) is 0 Å². The maximum absolute atomic E-state index is 12.0. The molecule has 1 aliphatic rings. The van der Waals surface area contributed by atoms with Crippen LogP contribution in [0.25, 0.3) is 0 Å². The fourth-order valence-corrected chi connectivity index (χ4v) is 2.49. The second-order valence-corrected chi connectivity index (χ2v) is 4.69. The van der Waals surface area contributed by atoms with Crippen LogP contribution in [0.2, 0.25) is 0 Å². The standard InChI is InChI=1S/C13H22O4/c1-4-16-11(14)10-8-6-7-9-13(10,3)12(15)17-5-2/h10H,4-9H2,1-3H3. The van der Waals surface area contributed by atoms with Gasteiger partial charge in [0.05, 0.1) is 24.5 Å². The molecular weight excluding hydrogens is 220 g/mol. The molecule has 1 aliphatic carbocycles. The van der Waals surface area contributed by atoms with Crippen molar-refractivity contribution in [3.63, 3.8) is 0 Å². The lowest BCUT2D eigenvalue weighted by Gasteiger charge is -2.37. The lowest BCUT2D eigenvalue weighted by atomic mass is 9.67. The molecule has 1 saturated carbocycles. The zero-order valence-corrected chi connectivity index (χ0v) is 11.0. The predicted octanol–water partition coefficient (Wildman–Crippen LogP) is 2.31. The summed E-state index contributed by atoms with van der Waals surface area (Å²) < 4.78 is 10.2. The van der Waals surface area contributed by atoms with Crippen LogP contribution in [-0.4, -0.2) is 25.2 Å². The molecule has 0 bridgehead atoms. The van der Waals surface area contributed by atoms with E-state index in [4.69, 9.17) is 9.47 Å². The van der Waals surface area contributed by atoms with Gasteiger partial charge in [0.2, 0.25) is 0 Å². The van der Waals surface area contributed by atoms with Crippen LogP contribution in [0.1, 0.15) is 46.5 Å². The summed E-state index contributed by atoms with van der Waals surface area (Å²) in [6.07, 6.45) is 3.35. The maximum Gasteiger partial charge on any atom is 0.312 e. The van der Waals surface area contributed by atoms with Gasteiger partial charge >= 0.3 is 11.9 Å². The van der Waals surface area contributed by atoms with E-state index in [1.807, 2.05) is 6.92 Å². The van der Waals surface area contributed by atoms with E-state index in [9.17, 15) is 9.59 Å². The van der Waals surface area contributed by atoms with Crippen molar-refractivity contribution in [3.05, 3.63) is 0 Å². The quantitative estimate of drug-likeness (QED) is 0.710. The van der Waals surface area contributed by atoms with Gasteiger partial charge in [0, 0.05) is 0 Å². The third-order valence-corrected chi connectivity index (χ3v) is 3.52. The SMILES string of the molecule is CCOC(=O)C1CCCCC1(C)C(=O)OCC. The first-order chi connectivity index (χ1) is 8.06. The van der Waals surface area contributed by atoms with Gasteiger partial charge in [-0.2, -0.15) is 0 Å². The fraction of sp³-hybridized carbons (Fsp3) is 0.846. The van der Waals surface area contributed by atoms with Crippen LogP contribution in [0.5, 0.6) is 0 Å². The number of hydrogen-bond donors (Lipinski definition) is 0. The molecule has 0 amide bonds. The smallest absolute Gasteiger partial charge is 0.312 e. The van der Waals surface area contributed by atoms with Crippen molar-refractivity contribution >= 4 is 11.9 Å². The van der Waals surface area contributed by atoms with E-state index in [1.54, 1.807) is 13.8 Å². The van der Waals surface area contributed by atoms with Crippen LogP contribution >= 0.6 is 0 Å². The Morgan fingerprint density at radius 2 is 1.82 bits per heavy atom. The van der Waals surface area contributed by atoms with Gasteiger partial charge in [0.15, 0.2) is 0 Å². The summed E-state index contributed by atoms with van der Waals surface area (Å²) in [6, 6.07) is 0. The summed E-state index contributed by atoms with van der Waals surface area (Å²) in [7, 11) is 0. The number of rotatable bonds is 4. The van der Waals surface area contributed by atoms with Gasteiger partial charge in [-0.05, 0) is 33.6 Å². The molecule has 1 rings (SSSR count). The van der Waals surface area contributed by atoms with E-state index < -0.39 is 5.41 Å². The molecule has 4 heteroatoms. The molecule has 0 aromatic heterocycles. The summed E-state index contributed by atoms with van der Waals surface area (Å²) in [5, 5.41) is 0. The molecule has 0 heterocycles. The van der Waals surface area contributed by atoms with Crippen LogP contribution in [-0.2, 0) is 19.1 Å². The highest BCUT2D eigenvalue weighted by molar-refractivity contribution is 5.85. The molecule has 0 radical (unpaired) electrons. The lowest BCUT2D eigenvalue weighted by molar-refractivity contribution is -0.171. The van der Waals surface area contributed by atoms with E-state index >= 15 is 0 Å². The highest BCUT2D eigenvalue weighted by Gasteiger charge is 2.48. The second-order valence-electron chi connectivity index (χ2n) is 4.69. The van der Waals surface area contributed by atoms with E-state index in [0.717, 1.165) is 12.8 Å². The molecule has 1 fully saturated rings. The third-order valence-electron chi connectivity index (χ3n) is 3.52. The number of hydrogen-bond acceptors (Lipinski definition) is 4. The minimum atomic E-state index is -0.708. The largest absolute Gasteiger partial charge is 0.466 e. The number of esters is 2. The molecule has 0 aromatic rings. The fourth-order valence-electron chi connectivity index (χ4n) is 2.49. The van der Waals surface area contributed by atoms with Crippen LogP contribution in [0.3, 0.4) is 0 Å². The number of carbonyl (C=O) groups excluding carboxylic acids is 2. The van der Waals surface area contributed by atoms with Crippen molar-refractivity contribution in [2.45, 2.75) is 46.5 Å². The van der Waals surface area contributed by atoms with E-state index in [1.165, 1.54) is 0 Å². The minimum Gasteiger partial charge on any atom is -0.466 e. The van der Waals surface area contributed by atoms with Crippen molar-refractivity contribution in [2.24, 2.45) is 11.3 Å². The minimum absolute atomic E-state index is 0.261. The topological polar surface area (TPSA) is 52.6 Å². The molecule has 0 saturated heterocycles. The molecule has 4 nitrogen and oxygen atoms in total. The Labute approximate surface area is 103 Å². The zero-order chi connectivity index (χ0) is 12.9. The Bertz CT molecular complexity index is 287. The molecule has 98 valence electrons. The molecule has 0 aliphatic heterocycles. The highest BCUT2D eigenvalue weighted by atomic mass is 16.5. The van der Waals surface area contributed by atoms with Crippen molar-refractivity contribution in [2.75, 3.05) is 13.2 Å². The van der Waals surface area contributed by atoms with Crippen LogP contribution in [0.4, 0.5) is 0 Å². The van der Waals surface area contributed by atoms with Gasteiger partial charge in [-0.25, -0.2) is 0 Å². The summed E-state index contributed by atoms with van der Waals surface area (Å²) >= 11 is 0. The van der Waals surface area contributed by atoms with Gasteiger partial charge in [-0.1, -0.05) is 12.8 Å². The normalized spacial score (nSPS) is 28.5. The maximum atomic E-state index is 12.0. The Balaban J connectivity index is 2.83. The van der Waals surface area contributed by atoms with Gasteiger partial charge in [0.25, 0.3) is 0 Å². The van der Waals surface area contributed by atoms with Crippen LogP contribution < -0.4 is 0 Å². The van der Waals surface area contributed by atoms with Gasteiger partial charge in [0.1, 0.15) is 0 Å². The summed E-state index contributed by atoms with van der Waals surface area (Å²) in [5.74, 6) is -0.879.